The largest absolute Gasteiger partial charge is 0.330 e. The van der Waals surface area contributed by atoms with Gasteiger partial charge in [-0.25, -0.2) is 4.98 Å². The minimum atomic E-state index is 0.263. The van der Waals surface area contributed by atoms with Gasteiger partial charge in [0.2, 0.25) is 0 Å². The van der Waals surface area contributed by atoms with Gasteiger partial charge in [-0.2, -0.15) is 5.10 Å². The molecule has 4 nitrogen and oxygen atoms in total. The molecule has 2 atom stereocenters. The molecule has 0 spiro atoms. The summed E-state index contributed by atoms with van der Waals surface area (Å²) in [5.74, 6) is 1.96. The van der Waals surface area contributed by atoms with E-state index in [1.165, 1.54) is 32.1 Å². The summed E-state index contributed by atoms with van der Waals surface area (Å²) in [5, 5.41) is 4.27. The van der Waals surface area contributed by atoms with E-state index in [-0.39, 0.29) is 5.41 Å². The summed E-state index contributed by atoms with van der Waals surface area (Å²) in [6.45, 7) is 6.09. The highest BCUT2D eigenvalue weighted by Gasteiger charge is 2.35. The number of aryl methyl sites for hydroxylation is 1. The second-order valence-corrected chi connectivity index (χ2v) is 5.74. The number of hydrogen-bond acceptors (Lipinski definition) is 3. The molecule has 1 aromatic rings. The molecule has 0 bridgehead atoms. The molecule has 0 radical (unpaired) electrons. The molecule has 1 heterocycles. The molecule has 4 heteroatoms. The molecule has 0 aromatic carbocycles. The first-order valence-corrected chi connectivity index (χ1v) is 7.29. The van der Waals surface area contributed by atoms with Gasteiger partial charge in [-0.1, -0.05) is 26.2 Å². The van der Waals surface area contributed by atoms with Crippen molar-refractivity contribution in [2.45, 2.75) is 58.9 Å². The highest BCUT2D eigenvalue weighted by molar-refractivity contribution is 4.97. The zero-order valence-corrected chi connectivity index (χ0v) is 11.7. The molecule has 102 valence electrons. The van der Waals surface area contributed by atoms with Crippen molar-refractivity contribution in [3.8, 4) is 0 Å². The van der Waals surface area contributed by atoms with Crippen molar-refractivity contribution < 1.29 is 0 Å². The lowest BCUT2D eigenvalue weighted by Gasteiger charge is -2.40. The molecular formula is C14H26N4. The zero-order chi connectivity index (χ0) is 13.0. The quantitative estimate of drug-likeness (QED) is 0.873. The molecule has 0 aliphatic heterocycles. The molecule has 1 saturated carbocycles. The van der Waals surface area contributed by atoms with Crippen molar-refractivity contribution in [2.75, 3.05) is 6.54 Å². The van der Waals surface area contributed by atoms with Gasteiger partial charge in [0.05, 0.1) is 0 Å². The maximum Gasteiger partial charge on any atom is 0.138 e. The standard InChI is InChI=1S/C14H26N4/c1-3-12-6-5-7-14(8-12,10-15)9-13-16-11-17-18(13)4-2/h11-12H,3-10,15H2,1-2H3. The molecule has 2 rings (SSSR count). The Hall–Kier alpha value is -0.900. The van der Waals surface area contributed by atoms with Crippen molar-refractivity contribution in [1.29, 1.82) is 0 Å². The maximum absolute atomic E-state index is 6.11. The average Bonchev–Trinajstić information content (AvgIpc) is 2.86. The Morgan fingerprint density at radius 2 is 2.33 bits per heavy atom. The summed E-state index contributed by atoms with van der Waals surface area (Å²) in [4.78, 5) is 4.42. The second kappa shape index (κ2) is 5.83. The van der Waals surface area contributed by atoms with Crippen LogP contribution in [0.25, 0.3) is 0 Å². The molecule has 2 N–H and O–H groups in total. The van der Waals surface area contributed by atoms with Crippen LogP contribution in [0.3, 0.4) is 0 Å². The third-order valence-corrected chi connectivity index (χ3v) is 4.58. The van der Waals surface area contributed by atoms with E-state index in [9.17, 15) is 0 Å². The van der Waals surface area contributed by atoms with Gasteiger partial charge < -0.3 is 5.73 Å². The van der Waals surface area contributed by atoms with Crippen molar-refractivity contribution in [2.24, 2.45) is 17.1 Å². The third-order valence-electron chi connectivity index (χ3n) is 4.58. The van der Waals surface area contributed by atoms with Crippen molar-refractivity contribution in [3.05, 3.63) is 12.2 Å². The van der Waals surface area contributed by atoms with Gasteiger partial charge in [0.25, 0.3) is 0 Å². The third kappa shape index (κ3) is 2.74. The predicted molar refractivity (Wildman–Crippen MR) is 73.1 cm³/mol. The topological polar surface area (TPSA) is 56.7 Å². The lowest BCUT2D eigenvalue weighted by Crippen LogP contribution is -2.38. The number of aromatic nitrogens is 3. The molecule has 0 saturated heterocycles. The summed E-state index contributed by atoms with van der Waals surface area (Å²) < 4.78 is 2.01. The van der Waals surface area contributed by atoms with Crippen LogP contribution >= 0.6 is 0 Å². The van der Waals surface area contributed by atoms with E-state index < -0.39 is 0 Å². The van der Waals surface area contributed by atoms with E-state index in [0.29, 0.717) is 0 Å². The number of rotatable bonds is 5. The SMILES string of the molecule is CCC1CCCC(CN)(Cc2ncnn2CC)C1. The summed E-state index contributed by atoms with van der Waals surface area (Å²) in [5.41, 5.74) is 6.37. The van der Waals surface area contributed by atoms with E-state index in [2.05, 4.69) is 23.9 Å². The minimum Gasteiger partial charge on any atom is -0.330 e. The van der Waals surface area contributed by atoms with Gasteiger partial charge in [0.1, 0.15) is 12.2 Å². The Morgan fingerprint density at radius 3 is 3.00 bits per heavy atom. The molecule has 0 amide bonds. The number of nitrogens with two attached hydrogens (primary N) is 1. The van der Waals surface area contributed by atoms with Crippen LogP contribution in [0, 0.1) is 11.3 Å². The van der Waals surface area contributed by atoms with Crippen molar-refractivity contribution in [3.63, 3.8) is 0 Å². The summed E-state index contributed by atoms with van der Waals surface area (Å²) in [7, 11) is 0. The van der Waals surface area contributed by atoms with E-state index in [1.807, 2.05) is 4.68 Å². The zero-order valence-electron chi connectivity index (χ0n) is 11.7. The average molecular weight is 250 g/mol. The monoisotopic (exact) mass is 250 g/mol. The van der Waals surface area contributed by atoms with Gasteiger partial charge in [-0.15, -0.1) is 0 Å². The van der Waals surface area contributed by atoms with Crippen molar-refractivity contribution >= 4 is 0 Å². The number of nitrogens with zero attached hydrogens (tertiary/aromatic N) is 3. The fourth-order valence-corrected chi connectivity index (χ4v) is 3.37. The van der Waals surface area contributed by atoms with Crippen LogP contribution in [0.15, 0.2) is 6.33 Å². The van der Waals surface area contributed by atoms with Crippen LogP contribution in [-0.4, -0.2) is 21.3 Å². The first-order valence-electron chi connectivity index (χ1n) is 7.29. The molecular weight excluding hydrogens is 224 g/mol. The van der Waals surface area contributed by atoms with Crippen LogP contribution in [0.2, 0.25) is 0 Å². The fourth-order valence-electron chi connectivity index (χ4n) is 3.37. The molecule has 1 aliphatic rings. The van der Waals surface area contributed by atoms with Crippen LogP contribution in [0.5, 0.6) is 0 Å². The first kappa shape index (κ1) is 13.5. The molecule has 18 heavy (non-hydrogen) atoms. The first-order chi connectivity index (χ1) is 8.73. The summed E-state index contributed by atoms with van der Waals surface area (Å²) in [6, 6.07) is 0. The van der Waals surface area contributed by atoms with Gasteiger partial charge in [0, 0.05) is 13.0 Å². The van der Waals surface area contributed by atoms with Crippen LogP contribution < -0.4 is 5.73 Å². The van der Waals surface area contributed by atoms with E-state index in [4.69, 9.17) is 5.73 Å². The normalized spacial score (nSPS) is 28.5. The Balaban J connectivity index is 2.12. The van der Waals surface area contributed by atoms with Crippen LogP contribution in [-0.2, 0) is 13.0 Å². The predicted octanol–water partition coefficient (Wildman–Crippen LogP) is 2.39. The maximum atomic E-state index is 6.11. The molecule has 2 unspecified atom stereocenters. The lowest BCUT2D eigenvalue weighted by molar-refractivity contribution is 0.138. The van der Waals surface area contributed by atoms with Crippen LogP contribution in [0.1, 0.15) is 51.8 Å². The van der Waals surface area contributed by atoms with Gasteiger partial charge >= 0.3 is 0 Å². The molecule has 1 fully saturated rings. The molecule has 1 aromatic heterocycles. The van der Waals surface area contributed by atoms with Crippen LogP contribution in [0.4, 0.5) is 0 Å². The van der Waals surface area contributed by atoms with Gasteiger partial charge in [-0.05, 0) is 37.6 Å². The van der Waals surface area contributed by atoms with E-state index >= 15 is 0 Å². The van der Waals surface area contributed by atoms with E-state index in [0.717, 1.165) is 31.3 Å². The Labute approximate surface area is 110 Å². The summed E-state index contributed by atoms with van der Waals surface area (Å²) in [6.07, 6.45) is 9.14. The van der Waals surface area contributed by atoms with Crippen molar-refractivity contribution in [1.82, 2.24) is 14.8 Å². The van der Waals surface area contributed by atoms with E-state index in [1.54, 1.807) is 6.33 Å². The number of hydrogen-bond donors (Lipinski definition) is 1. The Kier molecular flexibility index (Phi) is 4.38. The molecule has 1 aliphatic carbocycles. The highest BCUT2D eigenvalue weighted by atomic mass is 15.3. The second-order valence-electron chi connectivity index (χ2n) is 5.74. The lowest BCUT2D eigenvalue weighted by atomic mass is 9.67. The highest BCUT2D eigenvalue weighted by Crippen LogP contribution is 2.42. The summed E-state index contributed by atoms with van der Waals surface area (Å²) >= 11 is 0. The fraction of sp³-hybridized carbons (Fsp3) is 0.857. The van der Waals surface area contributed by atoms with Gasteiger partial charge in [-0.3, -0.25) is 4.68 Å². The Morgan fingerprint density at radius 1 is 1.50 bits per heavy atom. The Bertz CT molecular complexity index is 374. The minimum absolute atomic E-state index is 0.263. The van der Waals surface area contributed by atoms with Gasteiger partial charge in [0.15, 0.2) is 0 Å². The smallest absolute Gasteiger partial charge is 0.138 e.